The van der Waals surface area contributed by atoms with Crippen molar-refractivity contribution >= 4 is 5.78 Å². The largest absolute Gasteiger partial charge is 0.300 e. The molecule has 0 unspecified atom stereocenters. The molecule has 2 rings (SSSR count). The van der Waals surface area contributed by atoms with E-state index >= 15 is 0 Å². The number of ketones is 1. The Morgan fingerprint density at radius 2 is 1.25 bits per heavy atom. The molecule has 0 spiro atoms. The Labute approximate surface area is 149 Å². The highest BCUT2D eigenvalue weighted by molar-refractivity contribution is 5.79. The van der Waals surface area contributed by atoms with Gasteiger partial charge in [-0.25, -0.2) is 4.89 Å². The van der Waals surface area contributed by atoms with Crippen molar-refractivity contribution in [1.29, 1.82) is 0 Å². The molecule has 142 valence electrons. The summed E-state index contributed by atoms with van der Waals surface area (Å²) >= 11 is 0. The first-order chi connectivity index (χ1) is 10.9. The number of hydrogen-bond donors (Lipinski definition) is 1. The van der Waals surface area contributed by atoms with Crippen LogP contribution in [0.15, 0.2) is 0 Å². The van der Waals surface area contributed by atoms with Crippen molar-refractivity contribution < 1.29 is 14.9 Å². The Balaban J connectivity index is 0.000000243. The lowest BCUT2D eigenvalue weighted by atomic mass is 9.69. The second kappa shape index (κ2) is 8.31. The Kier molecular flexibility index (Phi) is 7.49. The first-order valence-electron chi connectivity index (χ1n) is 9.72. The third-order valence-corrected chi connectivity index (χ3v) is 6.26. The third kappa shape index (κ3) is 6.84. The van der Waals surface area contributed by atoms with Crippen molar-refractivity contribution in [3.63, 3.8) is 0 Å². The van der Waals surface area contributed by atoms with E-state index in [2.05, 4.69) is 46.4 Å². The van der Waals surface area contributed by atoms with Crippen LogP contribution < -0.4 is 0 Å². The van der Waals surface area contributed by atoms with E-state index < -0.39 is 0 Å². The van der Waals surface area contributed by atoms with E-state index in [1.54, 1.807) is 0 Å². The molecule has 2 fully saturated rings. The molecule has 3 heteroatoms. The predicted octanol–water partition coefficient (Wildman–Crippen LogP) is 6.26. The average molecular weight is 341 g/mol. The van der Waals surface area contributed by atoms with E-state index in [0.29, 0.717) is 16.6 Å². The Morgan fingerprint density at radius 1 is 0.875 bits per heavy atom. The molecule has 2 aliphatic carbocycles. The van der Waals surface area contributed by atoms with Crippen molar-refractivity contribution in [2.24, 2.45) is 22.7 Å². The molecule has 0 heterocycles. The van der Waals surface area contributed by atoms with Gasteiger partial charge in [-0.2, -0.15) is 0 Å². The highest BCUT2D eigenvalue weighted by Crippen LogP contribution is 2.42. The van der Waals surface area contributed by atoms with Gasteiger partial charge in [0.05, 0.1) is 0 Å². The fourth-order valence-electron chi connectivity index (χ4n) is 3.99. The van der Waals surface area contributed by atoms with Gasteiger partial charge in [0.2, 0.25) is 0 Å². The van der Waals surface area contributed by atoms with Crippen molar-refractivity contribution in [1.82, 2.24) is 0 Å². The number of Topliss-reactive ketones (excluding diaryl/α,β-unsaturated/α-hetero) is 1. The molecular weight excluding hydrogens is 300 g/mol. The molecule has 0 aliphatic heterocycles. The Morgan fingerprint density at radius 3 is 1.58 bits per heavy atom. The van der Waals surface area contributed by atoms with Crippen molar-refractivity contribution in [3.8, 4) is 0 Å². The average Bonchev–Trinajstić information content (AvgIpc) is 2.47. The summed E-state index contributed by atoms with van der Waals surface area (Å²) in [6.45, 7) is 15.7. The molecule has 0 radical (unpaired) electrons. The van der Waals surface area contributed by atoms with Gasteiger partial charge in [0, 0.05) is 12.8 Å². The summed E-state index contributed by atoms with van der Waals surface area (Å²) in [5.41, 5.74) is 0.527. The van der Waals surface area contributed by atoms with Gasteiger partial charge in [-0.15, -0.1) is 0 Å². The van der Waals surface area contributed by atoms with Gasteiger partial charge >= 0.3 is 0 Å². The SMILES string of the molecule is CC(C)(C)C1CCC(=O)CC1.CC1(OO)CCC(C(C)(C)C)CC1. The second-order valence-corrected chi connectivity index (χ2v) is 10.4. The number of rotatable bonds is 1. The van der Waals surface area contributed by atoms with Crippen LogP contribution in [0.2, 0.25) is 0 Å². The lowest BCUT2D eigenvalue weighted by Crippen LogP contribution is -2.36. The molecule has 0 aromatic rings. The minimum atomic E-state index is -0.276. The minimum Gasteiger partial charge on any atom is -0.300 e. The highest BCUT2D eigenvalue weighted by Gasteiger charge is 2.36. The zero-order valence-electron chi connectivity index (χ0n) is 17.1. The summed E-state index contributed by atoms with van der Waals surface area (Å²) in [6.07, 6.45) is 8.16. The maximum Gasteiger partial charge on any atom is 0.132 e. The molecule has 0 saturated heterocycles. The van der Waals surface area contributed by atoms with Gasteiger partial charge in [-0.05, 0) is 68.1 Å². The lowest BCUT2D eigenvalue weighted by Gasteiger charge is -2.40. The quantitative estimate of drug-likeness (QED) is 0.452. The second-order valence-electron chi connectivity index (χ2n) is 10.4. The molecule has 3 nitrogen and oxygen atoms in total. The van der Waals surface area contributed by atoms with Gasteiger partial charge in [0.1, 0.15) is 11.4 Å². The van der Waals surface area contributed by atoms with E-state index in [9.17, 15) is 4.79 Å². The topological polar surface area (TPSA) is 46.5 Å². The molecule has 0 aromatic carbocycles. The predicted molar refractivity (Wildman–Crippen MR) is 100.0 cm³/mol. The Bertz CT molecular complexity index is 382. The maximum atomic E-state index is 10.9. The summed E-state index contributed by atoms with van der Waals surface area (Å²) in [4.78, 5) is 15.5. The molecule has 2 aliphatic rings. The van der Waals surface area contributed by atoms with Crippen LogP contribution in [0.25, 0.3) is 0 Å². The van der Waals surface area contributed by atoms with E-state index in [-0.39, 0.29) is 5.60 Å². The van der Waals surface area contributed by atoms with Crippen LogP contribution >= 0.6 is 0 Å². The first-order valence-corrected chi connectivity index (χ1v) is 9.72. The summed E-state index contributed by atoms with van der Waals surface area (Å²) in [5.74, 6) is 2.00. The van der Waals surface area contributed by atoms with Crippen molar-refractivity contribution in [2.75, 3.05) is 0 Å². The molecule has 24 heavy (non-hydrogen) atoms. The molecule has 0 bridgehead atoms. The van der Waals surface area contributed by atoms with Crippen LogP contribution in [0.5, 0.6) is 0 Å². The van der Waals surface area contributed by atoms with E-state index in [4.69, 9.17) is 5.26 Å². The van der Waals surface area contributed by atoms with E-state index in [1.807, 2.05) is 6.92 Å². The van der Waals surface area contributed by atoms with Gasteiger partial charge in [-0.3, -0.25) is 10.1 Å². The van der Waals surface area contributed by atoms with Crippen molar-refractivity contribution in [3.05, 3.63) is 0 Å². The van der Waals surface area contributed by atoms with E-state index in [1.165, 1.54) is 12.8 Å². The standard InChI is InChI=1S/C11H22O2.C10H18O/c1-10(2,3)9-5-7-11(4,13-12)8-6-9;1-10(2,3)8-4-6-9(11)7-5-8/h9,12H,5-8H2,1-4H3;8H,4-7H2,1-3H3. The zero-order chi connectivity index (χ0) is 18.6. The van der Waals surface area contributed by atoms with Gasteiger partial charge in [0.25, 0.3) is 0 Å². The van der Waals surface area contributed by atoms with Crippen LogP contribution in [0.1, 0.15) is 99.8 Å². The highest BCUT2D eigenvalue weighted by atomic mass is 17.1. The minimum absolute atomic E-state index is 0.276. The molecule has 0 aromatic heterocycles. The Hall–Kier alpha value is -0.410. The van der Waals surface area contributed by atoms with Crippen LogP contribution in [0.3, 0.4) is 0 Å². The number of carbonyl (C=O) groups excluding carboxylic acids is 1. The van der Waals surface area contributed by atoms with E-state index in [0.717, 1.165) is 50.4 Å². The molecular formula is C21H40O3. The number of carbonyl (C=O) groups is 1. The summed E-state index contributed by atoms with van der Waals surface area (Å²) in [5, 5.41) is 8.74. The third-order valence-electron chi connectivity index (χ3n) is 6.26. The first kappa shape index (κ1) is 21.6. The monoisotopic (exact) mass is 340 g/mol. The maximum absolute atomic E-state index is 10.9. The van der Waals surface area contributed by atoms with Gasteiger partial charge in [-0.1, -0.05) is 41.5 Å². The zero-order valence-corrected chi connectivity index (χ0v) is 17.1. The molecule has 1 N–H and O–H groups in total. The van der Waals surface area contributed by atoms with Gasteiger partial charge in [0.15, 0.2) is 0 Å². The lowest BCUT2D eigenvalue weighted by molar-refractivity contribution is -0.327. The summed E-state index contributed by atoms with van der Waals surface area (Å²) < 4.78 is 0. The summed E-state index contributed by atoms with van der Waals surface area (Å²) in [7, 11) is 0. The fraction of sp³-hybridized carbons (Fsp3) is 0.952. The molecule has 2 saturated carbocycles. The fourth-order valence-corrected chi connectivity index (χ4v) is 3.99. The number of hydrogen-bond acceptors (Lipinski definition) is 3. The van der Waals surface area contributed by atoms with Crippen LogP contribution in [-0.4, -0.2) is 16.6 Å². The molecule has 0 amide bonds. The van der Waals surface area contributed by atoms with Crippen molar-refractivity contribution in [2.45, 2.75) is 105 Å². The molecule has 0 atom stereocenters. The van der Waals surface area contributed by atoms with Gasteiger partial charge < -0.3 is 0 Å². The van der Waals surface area contributed by atoms with Crippen LogP contribution in [0, 0.1) is 22.7 Å². The van der Waals surface area contributed by atoms with Crippen LogP contribution in [-0.2, 0) is 9.68 Å². The normalized spacial score (nSPS) is 29.8. The van der Waals surface area contributed by atoms with Crippen LogP contribution in [0.4, 0.5) is 0 Å². The summed E-state index contributed by atoms with van der Waals surface area (Å²) in [6, 6.07) is 0. The smallest absolute Gasteiger partial charge is 0.132 e.